The molecular formula is C23H29ClN4O3. The summed E-state index contributed by atoms with van der Waals surface area (Å²) in [7, 11) is 0. The first-order valence-electron chi connectivity index (χ1n) is 10.4. The Morgan fingerprint density at radius 2 is 1.65 bits per heavy atom. The summed E-state index contributed by atoms with van der Waals surface area (Å²) in [6.45, 7) is 7.05. The Labute approximate surface area is 188 Å². The van der Waals surface area contributed by atoms with Crippen molar-refractivity contribution in [1.82, 2.24) is 4.90 Å². The van der Waals surface area contributed by atoms with Crippen LogP contribution in [0.15, 0.2) is 42.5 Å². The second kappa shape index (κ2) is 12.0. The van der Waals surface area contributed by atoms with Crippen LogP contribution in [0, 0.1) is 0 Å². The minimum atomic E-state index is -0.306. The van der Waals surface area contributed by atoms with Crippen molar-refractivity contribution in [3.63, 3.8) is 0 Å². The molecule has 3 amide bonds. The van der Waals surface area contributed by atoms with Gasteiger partial charge in [0.2, 0.25) is 11.8 Å². The lowest BCUT2D eigenvalue weighted by Gasteiger charge is -2.19. The summed E-state index contributed by atoms with van der Waals surface area (Å²) in [5.41, 5.74) is 2.20. The van der Waals surface area contributed by atoms with Gasteiger partial charge >= 0.3 is 0 Å². The lowest BCUT2D eigenvalue weighted by atomic mass is 10.1. The van der Waals surface area contributed by atoms with Crippen molar-refractivity contribution in [2.24, 2.45) is 0 Å². The summed E-state index contributed by atoms with van der Waals surface area (Å²) in [6, 6.07) is 12.0. The minimum Gasteiger partial charge on any atom is -0.376 e. The monoisotopic (exact) mass is 444 g/mol. The Hall–Kier alpha value is -3.06. The van der Waals surface area contributed by atoms with Gasteiger partial charge in [-0.15, -0.1) is 0 Å². The molecule has 0 spiro atoms. The molecule has 2 aromatic rings. The van der Waals surface area contributed by atoms with Gasteiger partial charge in [-0.25, -0.2) is 0 Å². The topological polar surface area (TPSA) is 90.5 Å². The van der Waals surface area contributed by atoms with E-state index < -0.39 is 0 Å². The van der Waals surface area contributed by atoms with Gasteiger partial charge in [-0.05, 0) is 56.7 Å². The van der Waals surface area contributed by atoms with E-state index in [0.717, 1.165) is 6.42 Å². The minimum absolute atomic E-state index is 0.00827. The van der Waals surface area contributed by atoms with E-state index in [-0.39, 0.29) is 24.3 Å². The first-order valence-corrected chi connectivity index (χ1v) is 10.8. The lowest BCUT2D eigenvalue weighted by molar-refractivity contribution is -0.116. The number of hydrogen-bond acceptors (Lipinski definition) is 4. The summed E-state index contributed by atoms with van der Waals surface area (Å²) in [6.07, 6.45) is 1.17. The highest BCUT2D eigenvalue weighted by Gasteiger charge is 2.13. The largest absolute Gasteiger partial charge is 0.376 e. The highest BCUT2D eigenvalue weighted by atomic mass is 35.5. The van der Waals surface area contributed by atoms with Crippen LogP contribution >= 0.6 is 11.6 Å². The van der Waals surface area contributed by atoms with Crippen LogP contribution in [0.3, 0.4) is 0 Å². The number of rotatable bonds is 10. The van der Waals surface area contributed by atoms with Gasteiger partial charge in [0.1, 0.15) is 0 Å². The quantitative estimate of drug-likeness (QED) is 0.499. The number of benzene rings is 2. The molecule has 31 heavy (non-hydrogen) atoms. The van der Waals surface area contributed by atoms with Gasteiger partial charge in [0.05, 0.1) is 17.3 Å². The smallest absolute Gasteiger partial charge is 0.253 e. The number of halogens is 1. The van der Waals surface area contributed by atoms with Crippen molar-refractivity contribution in [3.05, 3.63) is 53.1 Å². The fraction of sp³-hybridized carbons (Fsp3) is 0.348. The average Bonchev–Trinajstić information content (AvgIpc) is 2.76. The Balaban J connectivity index is 1.99. The zero-order valence-corrected chi connectivity index (χ0v) is 18.9. The van der Waals surface area contributed by atoms with Crippen molar-refractivity contribution in [3.8, 4) is 0 Å². The second-order valence-electron chi connectivity index (χ2n) is 6.95. The molecule has 0 saturated carbocycles. The number of anilines is 3. The van der Waals surface area contributed by atoms with Crippen molar-refractivity contribution in [2.75, 3.05) is 35.6 Å². The number of nitrogens with one attached hydrogen (secondary N) is 3. The molecule has 3 N–H and O–H groups in total. The van der Waals surface area contributed by atoms with Crippen LogP contribution in [-0.2, 0) is 9.59 Å². The predicted octanol–water partition coefficient (Wildman–Crippen LogP) is 4.61. The van der Waals surface area contributed by atoms with Crippen molar-refractivity contribution in [2.45, 2.75) is 33.6 Å². The second-order valence-corrected chi connectivity index (χ2v) is 7.36. The maximum absolute atomic E-state index is 12.5. The third-order valence-corrected chi connectivity index (χ3v) is 4.94. The molecule has 166 valence electrons. The first-order chi connectivity index (χ1) is 14.9. The van der Waals surface area contributed by atoms with Crippen LogP contribution in [-0.4, -0.2) is 42.3 Å². The average molecular weight is 445 g/mol. The van der Waals surface area contributed by atoms with Crippen LogP contribution in [0.25, 0.3) is 0 Å². The molecule has 2 rings (SSSR count). The van der Waals surface area contributed by atoms with E-state index in [1.165, 1.54) is 0 Å². The molecule has 8 heteroatoms. The van der Waals surface area contributed by atoms with E-state index in [9.17, 15) is 14.4 Å². The van der Waals surface area contributed by atoms with Crippen LogP contribution in [0.2, 0.25) is 5.02 Å². The van der Waals surface area contributed by atoms with E-state index in [1.807, 2.05) is 20.8 Å². The zero-order chi connectivity index (χ0) is 22.8. The van der Waals surface area contributed by atoms with E-state index >= 15 is 0 Å². The van der Waals surface area contributed by atoms with Gasteiger partial charge < -0.3 is 20.9 Å². The third-order valence-electron chi connectivity index (χ3n) is 4.61. The standard InChI is InChI=1S/C23H29ClN4O3/c1-4-8-21(29)26-18-11-12-19(24)20(14-18)27-22(30)15-25-17-10-7-9-16(13-17)23(31)28(5-2)6-3/h7,9-14,25H,4-6,8,15H2,1-3H3,(H,26,29)(H,27,30). The maximum atomic E-state index is 12.5. The normalized spacial score (nSPS) is 10.3. The van der Waals surface area contributed by atoms with Gasteiger partial charge in [-0.3, -0.25) is 14.4 Å². The van der Waals surface area contributed by atoms with Crippen molar-refractivity contribution >= 4 is 46.4 Å². The molecule has 0 fully saturated rings. The van der Waals surface area contributed by atoms with Gasteiger partial charge in [0, 0.05) is 36.4 Å². The SMILES string of the molecule is CCCC(=O)Nc1ccc(Cl)c(NC(=O)CNc2cccc(C(=O)N(CC)CC)c2)c1. The van der Waals surface area contributed by atoms with Crippen molar-refractivity contribution < 1.29 is 14.4 Å². The molecule has 0 aromatic heterocycles. The highest BCUT2D eigenvalue weighted by molar-refractivity contribution is 6.33. The molecule has 0 aliphatic heterocycles. The highest BCUT2D eigenvalue weighted by Crippen LogP contribution is 2.25. The molecule has 0 radical (unpaired) electrons. The van der Waals surface area contributed by atoms with Crippen LogP contribution in [0.5, 0.6) is 0 Å². The van der Waals surface area contributed by atoms with E-state index in [2.05, 4.69) is 16.0 Å². The molecule has 0 aliphatic carbocycles. The molecule has 0 unspecified atom stereocenters. The van der Waals surface area contributed by atoms with Crippen molar-refractivity contribution in [1.29, 1.82) is 0 Å². The number of hydrogen-bond donors (Lipinski definition) is 3. The molecule has 7 nitrogen and oxygen atoms in total. The fourth-order valence-corrected chi connectivity index (χ4v) is 3.15. The molecule has 0 aliphatic rings. The Morgan fingerprint density at radius 3 is 2.32 bits per heavy atom. The maximum Gasteiger partial charge on any atom is 0.253 e. The van der Waals surface area contributed by atoms with E-state index in [1.54, 1.807) is 47.4 Å². The van der Waals surface area contributed by atoms with Gasteiger partial charge in [0.15, 0.2) is 0 Å². The first kappa shape index (κ1) is 24.2. The van der Waals surface area contributed by atoms with E-state index in [0.29, 0.717) is 47.2 Å². The molecular weight excluding hydrogens is 416 g/mol. The fourth-order valence-electron chi connectivity index (χ4n) is 2.98. The molecule has 0 heterocycles. The number of carbonyl (C=O) groups excluding carboxylic acids is 3. The van der Waals surface area contributed by atoms with Crippen LogP contribution < -0.4 is 16.0 Å². The van der Waals surface area contributed by atoms with Gasteiger partial charge in [0.25, 0.3) is 5.91 Å². The zero-order valence-electron chi connectivity index (χ0n) is 18.1. The van der Waals surface area contributed by atoms with Gasteiger partial charge in [-0.2, -0.15) is 0 Å². The third kappa shape index (κ3) is 7.29. The molecule has 0 atom stereocenters. The number of carbonyl (C=O) groups is 3. The number of nitrogens with zero attached hydrogens (tertiary/aromatic N) is 1. The van der Waals surface area contributed by atoms with E-state index in [4.69, 9.17) is 11.6 Å². The van der Waals surface area contributed by atoms with Gasteiger partial charge in [-0.1, -0.05) is 24.6 Å². The summed E-state index contributed by atoms with van der Waals surface area (Å²) < 4.78 is 0. The summed E-state index contributed by atoms with van der Waals surface area (Å²) in [4.78, 5) is 38.4. The molecule has 2 aromatic carbocycles. The van der Waals surface area contributed by atoms with Crippen LogP contribution in [0.1, 0.15) is 44.0 Å². The lowest BCUT2D eigenvalue weighted by Crippen LogP contribution is -2.30. The summed E-state index contributed by atoms with van der Waals surface area (Å²) in [5, 5.41) is 8.91. The summed E-state index contributed by atoms with van der Waals surface area (Å²) >= 11 is 6.18. The van der Waals surface area contributed by atoms with Crippen LogP contribution in [0.4, 0.5) is 17.1 Å². The Kier molecular flexibility index (Phi) is 9.34. The molecule has 0 bridgehead atoms. The Bertz CT molecular complexity index is 929. The predicted molar refractivity (Wildman–Crippen MR) is 126 cm³/mol. The molecule has 0 saturated heterocycles. The Morgan fingerprint density at radius 1 is 0.903 bits per heavy atom. The summed E-state index contributed by atoms with van der Waals surface area (Å²) in [5.74, 6) is -0.450. The number of amides is 3.